The maximum Gasteiger partial charge on any atom is 0.308 e. The molecular weight excluding hydrogens is 508 g/mol. The van der Waals surface area contributed by atoms with Crippen LogP contribution in [0.15, 0.2) is 23.8 Å². The second-order valence-electron chi connectivity index (χ2n) is 13.0. The van der Waals surface area contributed by atoms with Gasteiger partial charge in [0.1, 0.15) is 0 Å². The number of allylic oxidation sites excluding steroid dienone is 4. The van der Waals surface area contributed by atoms with Gasteiger partial charge in [-0.3, -0.25) is 14.4 Å². The van der Waals surface area contributed by atoms with Crippen molar-refractivity contribution >= 4 is 17.5 Å². The fourth-order valence-corrected chi connectivity index (χ4v) is 9.17. The molecule has 1 N–H and O–H groups in total. The Morgan fingerprint density at radius 3 is 2.75 bits per heavy atom. The fraction of sp³-hybridized carbons (Fsp3) is 0.788. The molecule has 9 atom stereocenters. The number of rotatable bonds is 5. The summed E-state index contributed by atoms with van der Waals surface area (Å²) in [6, 6.07) is -1.17. The quantitative estimate of drug-likeness (QED) is 0.462. The lowest BCUT2D eigenvalue weighted by Gasteiger charge is -2.60. The summed E-state index contributed by atoms with van der Waals surface area (Å²) in [7, 11) is 0. The first-order valence-electron chi connectivity index (χ1n) is 20.8. The summed E-state index contributed by atoms with van der Waals surface area (Å²) in [6.45, 7) is -6.65. The predicted molar refractivity (Wildman–Crippen MR) is 148 cm³/mol. The van der Waals surface area contributed by atoms with Crippen LogP contribution < -0.4 is 0 Å². The number of carbonyl (C=O) groups is 3. The minimum atomic E-state index is -3.97. The molecule has 0 aromatic heterocycles. The average molecular weight is 568 g/mol. The SMILES string of the molecule is [2H]C1=C[C@@]2(C)C(=C([2H])C1=O)C([2H])([2H])C[C@@H]1[C@@H]2[C@@H](O)C[C@@]2(C)[C@H]1C[C@H]1O[C@@](C)(C3CCCCC3)O[C@]12C(=O)C([2H])([2H])OC(=O)C([2H])(C([2H])([2H])[2H])C([2H])([2H])[2H]. The van der Waals surface area contributed by atoms with Gasteiger partial charge in [0.2, 0.25) is 5.78 Å². The van der Waals surface area contributed by atoms with E-state index in [-0.39, 0.29) is 30.8 Å². The highest BCUT2D eigenvalue weighted by atomic mass is 16.8. The lowest BCUT2D eigenvalue weighted by Crippen LogP contribution is -2.64. The molecule has 0 amide bonds. The van der Waals surface area contributed by atoms with Crippen molar-refractivity contribution in [2.75, 3.05) is 6.56 Å². The largest absolute Gasteiger partial charge is 0.457 e. The second-order valence-corrected chi connectivity index (χ2v) is 13.0. The Balaban J connectivity index is 1.47. The molecule has 6 rings (SSSR count). The number of hydrogen-bond acceptors (Lipinski definition) is 7. The zero-order chi connectivity index (χ0) is 39.9. The number of carbonyl (C=O) groups excluding carboxylic acids is 3. The van der Waals surface area contributed by atoms with Gasteiger partial charge in [0.05, 0.1) is 23.6 Å². The zero-order valence-corrected chi connectivity index (χ0v) is 23.1. The summed E-state index contributed by atoms with van der Waals surface area (Å²) in [4.78, 5) is 41.1. The summed E-state index contributed by atoms with van der Waals surface area (Å²) in [5.74, 6) is -12.9. The molecular formula is C33H46O7. The van der Waals surface area contributed by atoms with Crippen molar-refractivity contribution in [1.29, 1.82) is 0 Å². The number of fused-ring (bicyclic) bond motifs is 7. The van der Waals surface area contributed by atoms with E-state index in [2.05, 4.69) is 0 Å². The van der Waals surface area contributed by atoms with Gasteiger partial charge >= 0.3 is 5.97 Å². The Hall–Kier alpha value is -1.83. The number of ketones is 2. The van der Waals surface area contributed by atoms with Crippen LogP contribution in [0.25, 0.3) is 0 Å². The van der Waals surface area contributed by atoms with Crippen LogP contribution >= 0.6 is 0 Å². The maximum absolute atomic E-state index is 15.0. The highest BCUT2D eigenvalue weighted by Gasteiger charge is 2.78. The molecule has 40 heavy (non-hydrogen) atoms. The summed E-state index contributed by atoms with van der Waals surface area (Å²) >= 11 is 0. The van der Waals surface area contributed by atoms with Gasteiger partial charge < -0.3 is 19.3 Å². The number of ether oxygens (including phenoxy) is 3. The smallest absolute Gasteiger partial charge is 0.308 e. The molecule has 5 aliphatic carbocycles. The van der Waals surface area contributed by atoms with Crippen LogP contribution in [-0.4, -0.2) is 52.8 Å². The topological polar surface area (TPSA) is 99.1 Å². The molecule has 0 bridgehead atoms. The van der Waals surface area contributed by atoms with Crippen LogP contribution in [0.4, 0.5) is 0 Å². The Morgan fingerprint density at radius 2 is 2.02 bits per heavy atom. The standard InChI is InChI=1S/C33H46O7/c1-19(2)29(37)38-18-26(36)33-27(39-32(5,40-33)20-9-7-6-8-10-20)16-24-23-12-11-21-15-22(34)13-14-30(21,3)28(23)25(35)17-31(24,33)4/h13-15,19-20,23-25,27-28,35H,6-12,16-18H2,1-5H3/t23-,24-,25-,27+,28+,30-,31-,32+,33+/m0/s1/i1D3,2D3,11D2,13D,15D,18D2,19D. The third kappa shape index (κ3) is 3.90. The number of aliphatic hydroxyl groups excluding tert-OH is 1. The minimum absolute atomic E-state index is 0.0231. The van der Waals surface area contributed by atoms with Gasteiger partial charge in [-0.25, -0.2) is 0 Å². The molecule has 0 aromatic carbocycles. The molecule has 1 saturated heterocycles. The van der Waals surface area contributed by atoms with Gasteiger partial charge in [0, 0.05) is 35.0 Å². The predicted octanol–water partition coefficient (Wildman–Crippen LogP) is 5.09. The number of aliphatic hydroxyl groups is 1. The molecule has 4 saturated carbocycles. The molecule has 0 spiro atoms. The molecule has 1 heterocycles. The first-order chi connectivity index (χ1) is 24.0. The third-order valence-corrected chi connectivity index (χ3v) is 11.0. The average Bonchev–Trinajstić information content (AvgIpc) is 3.45. The van der Waals surface area contributed by atoms with Crippen molar-refractivity contribution in [3.05, 3.63) is 23.8 Å². The normalized spacial score (nSPS) is 54.1. The van der Waals surface area contributed by atoms with Gasteiger partial charge in [-0.15, -0.1) is 0 Å². The molecule has 1 aliphatic heterocycles. The Labute approximate surface area is 256 Å². The van der Waals surface area contributed by atoms with Gasteiger partial charge in [-0.05, 0) is 69.3 Å². The van der Waals surface area contributed by atoms with E-state index in [1.807, 2.05) is 0 Å². The summed E-state index contributed by atoms with van der Waals surface area (Å²) in [5, 5.41) is 12.1. The number of Topliss-reactive ketones (excluding diaryl/α,β-unsaturated/α-hetero) is 1. The number of hydrogen-bond donors (Lipinski definition) is 1. The van der Waals surface area contributed by atoms with E-state index in [0.717, 1.165) is 19.3 Å². The van der Waals surface area contributed by atoms with Crippen molar-refractivity contribution in [3.63, 3.8) is 0 Å². The molecule has 0 unspecified atom stereocenters. The molecule has 6 aliphatic rings. The van der Waals surface area contributed by atoms with E-state index in [0.29, 0.717) is 12.8 Å². The van der Waals surface area contributed by atoms with Crippen LogP contribution in [0.1, 0.15) is 110 Å². The van der Waals surface area contributed by atoms with E-state index in [1.54, 1.807) is 20.8 Å². The van der Waals surface area contributed by atoms with Crippen LogP contribution in [0.5, 0.6) is 0 Å². The molecule has 5 fully saturated rings. The lowest BCUT2D eigenvalue weighted by molar-refractivity contribution is -0.254. The van der Waals surface area contributed by atoms with Gasteiger partial charge in [0.15, 0.2) is 23.7 Å². The zero-order valence-electron chi connectivity index (χ0n) is 36.1. The van der Waals surface area contributed by atoms with E-state index >= 15 is 4.79 Å². The molecule has 7 nitrogen and oxygen atoms in total. The monoisotopic (exact) mass is 567 g/mol. The first kappa shape index (κ1) is 16.7. The Kier molecular flexibility index (Phi) is 4.01. The minimum Gasteiger partial charge on any atom is -0.457 e. The molecule has 0 aromatic rings. The van der Waals surface area contributed by atoms with E-state index in [4.69, 9.17) is 32.0 Å². The summed E-state index contributed by atoms with van der Waals surface area (Å²) < 4.78 is 125. The number of esters is 1. The fourth-order valence-electron chi connectivity index (χ4n) is 9.17. The second kappa shape index (κ2) is 9.60. The molecule has 7 heteroatoms. The van der Waals surface area contributed by atoms with Crippen LogP contribution in [-0.2, 0) is 28.6 Å². The van der Waals surface area contributed by atoms with Crippen molar-refractivity contribution in [1.82, 2.24) is 0 Å². The highest BCUT2D eigenvalue weighted by molar-refractivity contribution is 6.01. The van der Waals surface area contributed by atoms with Crippen molar-refractivity contribution < 1.29 is 51.5 Å². The van der Waals surface area contributed by atoms with E-state index < -0.39 is 114 Å². The van der Waals surface area contributed by atoms with Crippen molar-refractivity contribution in [2.45, 2.75) is 116 Å². The van der Waals surface area contributed by atoms with E-state index in [9.17, 15) is 14.7 Å². The van der Waals surface area contributed by atoms with E-state index in [1.165, 1.54) is 6.08 Å². The maximum atomic E-state index is 15.0. The van der Waals surface area contributed by atoms with Crippen LogP contribution in [0, 0.1) is 40.4 Å². The third-order valence-electron chi connectivity index (χ3n) is 11.0. The lowest BCUT2D eigenvalue weighted by atomic mass is 9.46. The highest BCUT2D eigenvalue weighted by Crippen LogP contribution is 2.71. The van der Waals surface area contributed by atoms with Gasteiger partial charge in [-0.1, -0.05) is 58.5 Å². The summed E-state index contributed by atoms with van der Waals surface area (Å²) in [6.07, 6.45) is -0.393. The van der Waals surface area contributed by atoms with Gasteiger partial charge in [0.25, 0.3) is 0 Å². The van der Waals surface area contributed by atoms with Crippen molar-refractivity contribution in [2.24, 2.45) is 40.4 Å². The molecule has 0 radical (unpaired) electrons. The molecule has 220 valence electrons. The summed E-state index contributed by atoms with van der Waals surface area (Å²) in [5.41, 5.74) is -5.55. The van der Waals surface area contributed by atoms with Crippen LogP contribution in [0.2, 0.25) is 0 Å². The van der Waals surface area contributed by atoms with Gasteiger partial charge in [-0.2, -0.15) is 0 Å². The Morgan fingerprint density at radius 1 is 1.27 bits per heavy atom. The first-order valence-corrected chi connectivity index (χ1v) is 14.3. The van der Waals surface area contributed by atoms with Crippen LogP contribution in [0.3, 0.4) is 0 Å². The Bertz CT molecular complexity index is 1650. The van der Waals surface area contributed by atoms with Crippen molar-refractivity contribution in [3.8, 4) is 0 Å².